The van der Waals surface area contributed by atoms with E-state index >= 15 is 0 Å². The summed E-state index contributed by atoms with van der Waals surface area (Å²) >= 11 is 0. The third-order valence-electron chi connectivity index (χ3n) is 11.9. The predicted octanol–water partition coefficient (Wildman–Crippen LogP) is 3.67. The van der Waals surface area contributed by atoms with Gasteiger partial charge in [-0.15, -0.1) is 5.10 Å². The highest BCUT2D eigenvalue weighted by molar-refractivity contribution is 5.98. The molecule has 262 valence electrons. The Morgan fingerprint density at radius 1 is 1.00 bits per heavy atom. The van der Waals surface area contributed by atoms with E-state index in [-0.39, 0.29) is 78.3 Å². The number of hydrogen-bond donors (Lipinski definition) is 1. The second kappa shape index (κ2) is 14.7. The second-order valence-corrected chi connectivity index (χ2v) is 14.4. The molecule has 2 saturated carbocycles. The first kappa shape index (κ1) is 34.6. The van der Waals surface area contributed by atoms with Gasteiger partial charge in [-0.3, -0.25) is 9.59 Å². The minimum Gasteiger partial charge on any atom is -0.462 e. The zero-order valence-electron chi connectivity index (χ0n) is 28.6. The SMILES string of the molecule is CC[C@H]1CCCC[C@@H](C)C(=O)C2=C[C@@H]3[C@@H](C(O)C(n4ccnn4)C4C[C@@H](OC5OC(C)C(OC)C(OC)C5OC)C[C@H]43)[C@@H]2CC(=O)O1. The number of hydrogen-bond acceptors (Lipinski definition) is 11. The largest absolute Gasteiger partial charge is 0.462 e. The van der Waals surface area contributed by atoms with E-state index in [1.165, 1.54) is 0 Å². The zero-order valence-corrected chi connectivity index (χ0v) is 28.6. The molecule has 3 heterocycles. The lowest BCUT2D eigenvalue weighted by molar-refractivity contribution is -0.314. The van der Waals surface area contributed by atoms with E-state index in [9.17, 15) is 14.7 Å². The zero-order chi connectivity index (χ0) is 33.4. The minimum atomic E-state index is -0.857. The molecule has 1 N–H and O–H groups in total. The predicted molar refractivity (Wildman–Crippen MR) is 169 cm³/mol. The van der Waals surface area contributed by atoms with Crippen molar-refractivity contribution in [1.29, 1.82) is 0 Å². The van der Waals surface area contributed by atoms with E-state index in [0.29, 0.717) is 18.4 Å². The number of nitrogens with zero attached hydrogens (tertiary/aromatic N) is 3. The molecule has 0 spiro atoms. The lowest BCUT2D eigenvalue weighted by atomic mass is 9.62. The van der Waals surface area contributed by atoms with Gasteiger partial charge in [-0.2, -0.15) is 0 Å². The lowest BCUT2D eigenvalue weighted by Gasteiger charge is -2.46. The molecule has 0 amide bonds. The van der Waals surface area contributed by atoms with Crippen LogP contribution in [0.15, 0.2) is 24.0 Å². The van der Waals surface area contributed by atoms with Crippen molar-refractivity contribution in [3.8, 4) is 0 Å². The number of rotatable bonds is 7. The van der Waals surface area contributed by atoms with Crippen molar-refractivity contribution in [2.45, 2.75) is 127 Å². The van der Waals surface area contributed by atoms with Gasteiger partial charge in [0.05, 0.1) is 37.0 Å². The van der Waals surface area contributed by atoms with E-state index in [2.05, 4.69) is 16.4 Å². The second-order valence-electron chi connectivity index (χ2n) is 14.4. The van der Waals surface area contributed by atoms with E-state index in [0.717, 1.165) is 32.1 Å². The van der Waals surface area contributed by atoms with E-state index < -0.39 is 30.5 Å². The fourth-order valence-corrected chi connectivity index (χ4v) is 9.62. The van der Waals surface area contributed by atoms with Crippen LogP contribution in [0, 0.1) is 35.5 Å². The van der Waals surface area contributed by atoms with Crippen LogP contribution in [0.3, 0.4) is 0 Å². The first-order valence-corrected chi connectivity index (χ1v) is 17.6. The Morgan fingerprint density at radius 2 is 1.72 bits per heavy atom. The topological polar surface area (TPSA) is 140 Å². The van der Waals surface area contributed by atoms with Crippen molar-refractivity contribution >= 4 is 11.8 Å². The maximum atomic E-state index is 14.1. The summed E-state index contributed by atoms with van der Waals surface area (Å²) in [5.41, 5.74) is 0.678. The first-order valence-electron chi connectivity index (χ1n) is 17.6. The fraction of sp³-hybridized carbons (Fsp3) is 0.829. The molecule has 0 bridgehead atoms. The van der Waals surface area contributed by atoms with Crippen LogP contribution in [0.5, 0.6) is 0 Å². The van der Waals surface area contributed by atoms with Gasteiger partial charge in [0.25, 0.3) is 0 Å². The molecule has 3 aliphatic carbocycles. The number of aliphatic hydroxyl groups excluding tert-OH is 1. The number of cyclic esters (lactones) is 1. The number of methoxy groups -OCH3 is 3. The Hall–Kier alpha value is -2.22. The van der Waals surface area contributed by atoms with Gasteiger partial charge in [-0.25, -0.2) is 4.68 Å². The van der Waals surface area contributed by atoms with Crippen LogP contribution < -0.4 is 0 Å². The quantitative estimate of drug-likeness (QED) is 0.429. The van der Waals surface area contributed by atoms with Crippen LogP contribution in [0.2, 0.25) is 0 Å². The van der Waals surface area contributed by atoms with E-state index in [4.69, 9.17) is 28.4 Å². The molecule has 1 aromatic heterocycles. The Balaban J connectivity index is 1.31. The molecule has 15 atom stereocenters. The Labute approximate surface area is 277 Å². The Bertz CT molecular complexity index is 1260. The lowest BCUT2D eigenvalue weighted by Crippen LogP contribution is -2.59. The molecular weight excluding hydrogens is 606 g/mol. The van der Waals surface area contributed by atoms with Crippen LogP contribution in [-0.2, 0) is 38.0 Å². The van der Waals surface area contributed by atoms with Gasteiger partial charge in [-0.1, -0.05) is 31.6 Å². The molecule has 2 aliphatic heterocycles. The average molecular weight is 660 g/mol. The van der Waals surface area contributed by atoms with Crippen molar-refractivity contribution in [1.82, 2.24) is 15.0 Å². The van der Waals surface area contributed by atoms with Crippen LogP contribution in [0.4, 0.5) is 0 Å². The highest BCUT2D eigenvalue weighted by Gasteiger charge is 2.60. The number of allylic oxidation sites excluding steroid dienone is 2. The summed E-state index contributed by atoms with van der Waals surface area (Å²) in [4.78, 5) is 27.5. The molecule has 12 heteroatoms. The average Bonchev–Trinajstić information content (AvgIpc) is 3.81. The van der Waals surface area contributed by atoms with Crippen molar-refractivity contribution in [2.24, 2.45) is 35.5 Å². The Kier molecular flexibility index (Phi) is 10.8. The Morgan fingerprint density at radius 3 is 2.40 bits per heavy atom. The summed E-state index contributed by atoms with van der Waals surface area (Å²) in [6.45, 7) is 5.98. The van der Waals surface area contributed by atoms with Crippen molar-refractivity contribution in [3.05, 3.63) is 24.0 Å². The summed E-state index contributed by atoms with van der Waals surface area (Å²) in [5.74, 6) is -1.18. The van der Waals surface area contributed by atoms with Crippen LogP contribution >= 0.6 is 0 Å². The van der Waals surface area contributed by atoms with Gasteiger partial charge in [-0.05, 0) is 68.8 Å². The number of carbonyl (C=O) groups is 2. The van der Waals surface area contributed by atoms with Gasteiger partial charge < -0.3 is 33.5 Å². The summed E-state index contributed by atoms with van der Waals surface area (Å²) in [6, 6.07) is -0.396. The number of fused-ring (bicyclic) bond motifs is 5. The third-order valence-corrected chi connectivity index (χ3v) is 11.9. The van der Waals surface area contributed by atoms with Crippen LogP contribution in [0.1, 0.15) is 78.2 Å². The molecule has 0 radical (unpaired) electrons. The van der Waals surface area contributed by atoms with Crippen LogP contribution in [0.25, 0.3) is 0 Å². The molecule has 5 aliphatic rings. The highest BCUT2D eigenvalue weighted by atomic mass is 16.7. The molecule has 1 aromatic rings. The standard InChI is InChI=1S/C35H53N3O9/c1-7-20-11-9-8-10-18(2)30(40)26-16-23-22-14-21(47-35-34(44-6)33(43-5)32(42-4)19(3)45-35)15-25(22)29(38-13-12-36-37-38)31(41)28(23)24(26)17-27(39)46-20/h12-13,16,18-25,28-29,31-35,41H,7-11,14-15,17H2,1-6H3/t18-,19?,20+,21+,22+,23+,24-,25?,28-,29?,31?,32?,33?,34?,35?/m1/s1. The fourth-order valence-electron chi connectivity index (χ4n) is 9.62. The first-order chi connectivity index (χ1) is 22.7. The molecule has 0 aromatic carbocycles. The summed E-state index contributed by atoms with van der Waals surface area (Å²) in [6.07, 6.45) is 7.77. The number of Topliss-reactive ketones (excluding diaryl/α,β-unsaturated/α-hetero) is 1. The number of carbonyl (C=O) groups excluding carboxylic acids is 2. The minimum absolute atomic E-state index is 0.00723. The third kappa shape index (κ3) is 6.58. The smallest absolute Gasteiger partial charge is 0.306 e. The van der Waals surface area contributed by atoms with Gasteiger partial charge in [0.2, 0.25) is 0 Å². The number of aromatic nitrogens is 3. The normalized spacial score (nSPS) is 44.4. The summed E-state index contributed by atoms with van der Waals surface area (Å²) in [5, 5.41) is 20.7. The number of ketones is 1. The maximum absolute atomic E-state index is 14.1. The number of esters is 1. The summed E-state index contributed by atoms with van der Waals surface area (Å²) in [7, 11) is 4.89. The monoisotopic (exact) mass is 659 g/mol. The summed E-state index contributed by atoms with van der Waals surface area (Å²) < 4.78 is 38.1. The van der Waals surface area contributed by atoms with Gasteiger partial charge in [0, 0.05) is 45.3 Å². The molecule has 2 saturated heterocycles. The van der Waals surface area contributed by atoms with Gasteiger partial charge in [0.15, 0.2) is 12.1 Å². The number of aliphatic hydroxyl groups is 1. The van der Waals surface area contributed by atoms with E-state index in [1.807, 2.05) is 20.8 Å². The van der Waals surface area contributed by atoms with Crippen molar-refractivity contribution < 1.29 is 43.1 Å². The van der Waals surface area contributed by atoms with Gasteiger partial charge >= 0.3 is 5.97 Å². The maximum Gasteiger partial charge on any atom is 0.306 e. The molecule has 6 rings (SSSR count). The van der Waals surface area contributed by atoms with Gasteiger partial charge in [0.1, 0.15) is 24.4 Å². The molecular formula is C35H53N3O9. The molecule has 8 unspecified atom stereocenters. The van der Waals surface area contributed by atoms with Crippen molar-refractivity contribution in [2.75, 3.05) is 21.3 Å². The highest BCUT2D eigenvalue weighted by Crippen LogP contribution is 2.59. The molecule has 4 fully saturated rings. The van der Waals surface area contributed by atoms with E-state index in [1.54, 1.807) is 38.4 Å². The molecule has 47 heavy (non-hydrogen) atoms. The van der Waals surface area contributed by atoms with Crippen molar-refractivity contribution in [3.63, 3.8) is 0 Å². The van der Waals surface area contributed by atoms with Crippen LogP contribution in [-0.4, -0.2) is 102 Å². The number of ether oxygens (including phenoxy) is 6. The molecule has 12 nitrogen and oxygen atoms in total.